The third-order valence-electron chi connectivity index (χ3n) is 5.78. The van der Waals surface area contributed by atoms with E-state index in [1.807, 2.05) is 31.2 Å². The fourth-order valence-corrected chi connectivity index (χ4v) is 4.66. The van der Waals surface area contributed by atoms with Gasteiger partial charge < -0.3 is 20.5 Å². The van der Waals surface area contributed by atoms with Gasteiger partial charge in [-0.25, -0.2) is 0 Å². The largest absolute Gasteiger partial charge is 0.504 e. The van der Waals surface area contributed by atoms with Gasteiger partial charge in [-0.15, -0.1) is 0 Å². The van der Waals surface area contributed by atoms with E-state index in [2.05, 4.69) is 22.8 Å². The van der Waals surface area contributed by atoms with Gasteiger partial charge in [0.1, 0.15) is 0 Å². The molecule has 1 aliphatic heterocycles. The number of amides is 1. The van der Waals surface area contributed by atoms with Crippen molar-refractivity contribution >= 4 is 28.9 Å². The number of phenolic OH excluding ortho intramolecular Hbond substituents is 1. The minimum Gasteiger partial charge on any atom is -0.504 e. The number of phenols is 1. The zero-order chi connectivity index (χ0) is 20.5. The first-order chi connectivity index (χ1) is 14.0. The number of rotatable bonds is 5. The molecule has 152 valence electrons. The van der Waals surface area contributed by atoms with Crippen molar-refractivity contribution in [2.24, 2.45) is 5.92 Å². The van der Waals surface area contributed by atoms with Crippen molar-refractivity contribution in [3.05, 3.63) is 58.6 Å². The van der Waals surface area contributed by atoms with Crippen LogP contribution in [0, 0.1) is 5.92 Å². The molecule has 29 heavy (non-hydrogen) atoms. The molecule has 0 fully saturated rings. The molecule has 6 heteroatoms. The lowest BCUT2D eigenvalue weighted by Gasteiger charge is -2.39. The summed E-state index contributed by atoms with van der Waals surface area (Å²) in [4.78, 5) is 12.2. The molecule has 1 amide bonds. The molecule has 4 rings (SSSR count). The van der Waals surface area contributed by atoms with Crippen molar-refractivity contribution in [3.63, 3.8) is 0 Å². The highest BCUT2D eigenvalue weighted by Gasteiger charge is 2.40. The lowest BCUT2D eigenvalue weighted by Crippen LogP contribution is -2.30. The standard InChI is InChI=1S/C23H25ClN2O3/c1-3-5-20(28)25-17-10-9-16(24)23-21(17)14-6-4-7-15(14)22(26-23)13-8-11-18(27)19(12-13)29-2/h4,6,8-12,14-15,22,26-27H,3,5,7H2,1-2H3,(H,25,28). The molecule has 1 aliphatic carbocycles. The second-order valence-corrected chi connectivity index (χ2v) is 8.00. The molecule has 2 aliphatic rings. The van der Waals surface area contributed by atoms with Gasteiger partial charge >= 0.3 is 0 Å². The van der Waals surface area contributed by atoms with Gasteiger partial charge in [-0.1, -0.05) is 36.7 Å². The Labute approximate surface area is 175 Å². The maximum Gasteiger partial charge on any atom is 0.224 e. The van der Waals surface area contributed by atoms with Gasteiger partial charge in [0.15, 0.2) is 11.5 Å². The summed E-state index contributed by atoms with van der Waals surface area (Å²) >= 11 is 6.57. The first-order valence-electron chi connectivity index (χ1n) is 9.95. The molecule has 3 unspecified atom stereocenters. The summed E-state index contributed by atoms with van der Waals surface area (Å²) in [5.74, 6) is 1.00. The minimum absolute atomic E-state index is 0.0103. The average molecular weight is 413 g/mol. The van der Waals surface area contributed by atoms with Gasteiger partial charge in [-0.3, -0.25) is 4.79 Å². The number of hydrogen-bond acceptors (Lipinski definition) is 4. The van der Waals surface area contributed by atoms with Crippen molar-refractivity contribution in [1.29, 1.82) is 0 Å². The first kappa shape index (κ1) is 19.6. The summed E-state index contributed by atoms with van der Waals surface area (Å²) in [7, 11) is 1.55. The van der Waals surface area contributed by atoms with Crippen LogP contribution in [0.5, 0.6) is 11.5 Å². The Morgan fingerprint density at radius 2 is 2.17 bits per heavy atom. The van der Waals surface area contributed by atoms with Crippen molar-refractivity contribution < 1.29 is 14.6 Å². The monoisotopic (exact) mass is 412 g/mol. The number of halogens is 1. The predicted octanol–water partition coefficient (Wildman–Crippen LogP) is 5.62. The third-order valence-corrected chi connectivity index (χ3v) is 6.10. The SMILES string of the molecule is CCCC(=O)Nc1ccc(Cl)c2c1C1C=CCC1C(c1ccc(O)c(OC)c1)N2. The van der Waals surface area contributed by atoms with Crippen molar-refractivity contribution in [1.82, 2.24) is 0 Å². The lowest BCUT2D eigenvalue weighted by atomic mass is 9.76. The maximum absolute atomic E-state index is 12.2. The van der Waals surface area contributed by atoms with Crippen LogP contribution in [0.1, 0.15) is 49.3 Å². The van der Waals surface area contributed by atoms with Gasteiger partial charge in [0.25, 0.3) is 0 Å². The highest BCUT2D eigenvalue weighted by molar-refractivity contribution is 6.33. The molecule has 0 bridgehead atoms. The van der Waals surface area contributed by atoms with E-state index < -0.39 is 0 Å². The van der Waals surface area contributed by atoms with Crippen molar-refractivity contribution in [3.8, 4) is 11.5 Å². The Kier molecular flexibility index (Phi) is 5.41. The molecule has 0 spiro atoms. The first-order valence-corrected chi connectivity index (χ1v) is 10.3. The molecule has 1 heterocycles. The molecule has 0 aromatic heterocycles. The van der Waals surface area contributed by atoms with Crippen LogP contribution >= 0.6 is 11.6 Å². The fraction of sp³-hybridized carbons (Fsp3) is 0.348. The van der Waals surface area contributed by atoms with E-state index in [4.69, 9.17) is 16.3 Å². The number of hydrogen-bond donors (Lipinski definition) is 3. The maximum atomic E-state index is 12.2. The van der Waals surface area contributed by atoms with Crippen LogP contribution in [0.25, 0.3) is 0 Å². The fourth-order valence-electron chi connectivity index (χ4n) is 4.44. The Balaban J connectivity index is 1.76. The zero-order valence-electron chi connectivity index (χ0n) is 16.5. The number of methoxy groups -OCH3 is 1. The van der Waals surface area contributed by atoms with Crippen LogP contribution in [0.3, 0.4) is 0 Å². The number of benzene rings is 2. The summed E-state index contributed by atoms with van der Waals surface area (Å²) in [6.07, 6.45) is 6.61. The molecule has 0 radical (unpaired) electrons. The Hall–Kier alpha value is -2.66. The van der Waals surface area contributed by atoms with E-state index in [0.717, 1.165) is 35.3 Å². The highest BCUT2D eigenvalue weighted by Crippen LogP contribution is 2.54. The summed E-state index contributed by atoms with van der Waals surface area (Å²) in [5.41, 5.74) is 3.74. The minimum atomic E-state index is 0.0103. The second-order valence-electron chi connectivity index (χ2n) is 7.59. The van der Waals surface area contributed by atoms with Gasteiger partial charge in [-0.2, -0.15) is 0 Å². The van der Waals surface area contributed by atoms with Crippen LogP contribution in [0.15, 0.2) is 42.5 Å². The highest BCUT2D eigenvalue weighted by atomic mass is 35.5. The van der Waals surface area contributed by atoms with Crippen LogP contribution in [0.4, 0.5) is 11.4 Å². The Morgan fingerprint density at radius 3 is 2.93 bits per heavy atom. The summed E-state index contributed by atoms with van der Waals surface area (Å²) < 4.78 is 5.30. The van der Waals surface area contributed by atoms with E-state index in [1.54, 1.807) is 13.2 Å². The molecule has 2 aromatic rings. The number of carbonyl (C=O) groups is 1. The van der Waals surface area contributed by atoms with E-state index >= 15 is 0 Å². The lowest BCUT2D eigenvalue weighted by molar-refractivity contribution is -0.116. The molecule has 3 atom stereocenters. The predicted molar refractivity (Wildman–Crippen MR) is 116 cm³/mol. The Morgan fingerprint density at radius 1 is 1.34 bits per heavy atom. The number of fused-ring (bicyclic) bond motifs is 3. The zero-order valence-corrected chi connectivity index (χ0v) is 17.3. The molecule has 2 aromatic carbocycles. The number of ether oxygens (including phenoxy) is 1. The topological polar surface area (TPSA) is 70.6 Å². The van der Waals surface area contributed by atoms with E-state index in [0.29, 0.717) is 17.2 Å². The summed E-state index contributed by atoms with van der Waals surface area (Å²) in [5, 5.41) is 17.3. The van der Waals surface area contributed by atoms with E-state index in [-0.39, 0.29) is 29.5 Å². The molecular weight excluding hydrogens is 388 g/mol. The molecular formula is C23H25ClN2O3. The summed E-state index contributed by atoms with van der Waals surface area (Å²) in [6, 6.07) is 9.17. The molecule has 3 N–H and O–H groups in total. The van der Waals surface area contributed by atoms with Gasteiger partial charge in [-0.05, 0) is 48.6 Å². The number of nitrogens with one attached hydrogen (secondary N) is 2. The van der Waals surface area contributed by atoms with Crippen molar-refractivity contribution in [2.45, 2.75) is 38.1 Å². The van der Waals surface area contributed by atoms with Gasteiger partial charge in [0.2, 0.25) is 5.91 Å². The van der Waals surface area contributed by atoms with Crippen LogP contribution < -0.4 is 15.4 Å². The normalized spacial score (nSPS) is 21.8. The number of aromatic hydroxyl groups is 1. The van der Waals surface area contributed by atoms with Crippen LogP contribution in [-0.4, -0.2) is 18.1 Å². The summed E-state index contributed by atoms with van der Waals surface area (Å²) in [6.45, 7) is 1.99. The quantitative estimate of drug-likeness (QED) is 0.557. The van der Waals surface area contributed by atoms with E-state index in [1.165, 1.54) is 0 Å². The van der Waals surface area contributed by atoms with Gasteiger partial charge in [0, 0.05) is 23.6 Å². The van der Waals surface area contributed by atoms with E-state index in [9.17, 15) is 9.90 Å². The van der Waals surface area contributed by atoms with Crippen LogP contribution in [-0.2, 0) is 4.79 Å². The third kappa shape index (κ3) is 3.55. The molecule has 5 nitrogen and oxygen atoms in total. The number of allylic oxidation sites excluding steroid dienone is 2. The average Bonchev–Trinajstić information content (AvgIpc) is 3.20. The van der Waals surface area contributed by atoms with Gasteiger partial charge in [0.05, 0.1) is 23.9 Å². The molecule has 0 saturated carbocycles. The van der Waals surface area contributed by atoms with Crippen LogP contribution in [0.2, 0.25) is 5.02 Å². The number of anilines is 2. The second kappa shape index (κ2) is 7.99. The molecule has 0 saturated heterocycles. The number of carbonyl (C=O) groups excluding carboxylic acids is 1. The Bertz CT molecular complexity index is 973. The smallest absolute Gasteiger partial charge is 0.224 e. The van der Waals surface area contributed by atoms with Crippen molar-refractivity contribution in [2.75, 3.05) is 17.7 Å².